The van der Waals surface area contributed by atoms with E-state index < -0.39 is 0 Å². The van der Waals surface area contributed by atoms with Crippen molar-refractivity contribution in [2.75, 3.05) is 31.6 Å². The lowest BCUT2D eigenvalue weighted by atomic mass is 10.1. The average Bonchev–Trinajstić information content (AvgIpc) is 2.60. The number of hydrogen-bond acceptors (Lipinski definition) is 5. The minimum absolute atomic E-state index is 0.0180. The van der Waals surface area contributed by atoms with Gasteiger partial charge >= 0.3 is 0 Å². The number of nitrogens with two attached hydrogens (primary N) is 1. The van der Waals surface area contributed by atoms with E-state index in [1.165, 1.54) is 0 Å². The summed E-state index contributed by atoms with van der Waals surface area (Å²) < 4.78 is 0. The van der Waals surface area contributed by atoms with Gasteiger partial charge in [0.1, 0.15) is 11.5 Å². The molecule has 1 aromatic rings. The monoisotopic (exact) mass is 262 g/mol. The van der Waals surface area contributed by atoms with E-state index in [1.807, 2.05) is 0 Å². The zero-order valence-electron chi connectivity index (χ0n) is 11.6. The normalized spacial score (nSPS) is 21.2. The molecule has 0 amide bonds. The van der Waals surface area contributed by atoms with Crippen LogP contribution in [0, 0.1) is 5.41 Å². The van der Waals surface area contributed by atoms with Crippen LogP contribution in [0.5, 0.6) is 0 Å². The van der Waals surface area contributed by atoms with Gasteiger partial charge in [0.15, 0.2) is 5.82 Å². The fourth-order valence-electron chi connectivity index (χ4n) is 2.60. The Hall–Kier alpha value is -1.69. The van der Waals surface area contributed by atoms with Gasteiger partial charge in [-0.15, -0.1) is 0 Å². The molecule has 0 spiro atoms. The summed E-state index contributed by atoms with van der Waals surface area (Å²) >= 11 is 0. The molecule has 2 heterocycles. The van der Waals surface area contributed by atoms with E-state index in [4.69, 9.17) is 11.1 Å². The second kappa shape index (κ2) is 5.97. The number of anilines is 1. The molecular weight excluding hydrogens is 240 g/mol. The number of rotatable bonds is 3. The third-order valence-electron chi connectivity index (χ3n) is 3.58. The largest absolute Gasteiger partial charge is 0.382 e. The van der Waals surface area contributed by atoms with Gasteiger partial charge in [-0.25, -0.2) is 9.97 Å². The molecule has 1 unspecified atom stereocenters. The molecule has 19 heavy (non-hydrogen) atoms. The quantitative estimate of drug-likeness (QED) is 0.618. The fourth-order valence-corrected chi connectivity index (χ4v) is 2.60. The van der Waals surface area contributed by atoms with Crippen LogP contribution in [0.15, 0.2) is 12.4 Å². The van der Waals surface area contributed by atoms with E-state index in [1.54, 1.807) is 12.4 Å². The first-order valence-corrected chi connectivity index (χ1v) is 6.74. The highest BCUT2D eigenvalue weighted by molar-refractivity contribution is 5.97. The highest BCUT2D eigenvalue weighted by atomic mass is 15.3. The lowest BCUT2D eigenvalue weighted by molar-refractivity contribution is 0.327. The smallest absolute Gasteiger partial charge is 0.158 e. The SMILES string of the molecule is CCC1CN(C)CCCN1c1nccnc1C(=N)N. The zero-order valence-corrected chi connectivity index (χ0v) is 11.6. The second-order valence-corrected chi connectivity index (χ2v) is 5.01. The molecule has 1 atom stereocenters. The van der Waals surface area contributed by atoms with E-state index in [-0.39, 0.29) is 5.84 Å². The lowest BCUT2D eigenvalue weighted by Gasteiger charge is -2.31. The van der Waals surface area contributed by atoms with E-state index in [0.717, 1.165) is 38.3 Å². The van der Waals surface area contributed by atoms with Crippen molar-refractivity contribution in [1.82, 2.24) is 14.9 Å². The molecule has 104 valence electrons. The van der Waals surface area contributed by atoms with Crippen molar-refractivity contribution in [2.24, 2.45) is 5.73 Å². The summed E-state index contributed by atoms with van der Waals surface area (Å²) in [6.45, 7) is 5.20. The maximum atomic E-state index is 7.65. The van der Waals surface area contributed by atoms with Crippen LogP contribution in [0.4, 0.5) is 5.82 Å². The van der Waals surface area contributed by atoms with Gasteiger partial charge in [0.2, 0.25) is 0 Å². The molecule has 0 radical (unpaired) electrons. The van der Waals surface area contributed by atoms with Crippen LogP contribution in [0.2, 0.25) is 0 Å². The molecule has 1 aliphatic heterocycles. The minimum Gasteiger partial charge on any atom is -0.382 e. The van der Waals surface area contributed by atoms with E-state index >= 15 is 0 Å². The fraction of sp³-hybridized carbons (Fsp3) is 0.615. The summed E-state index contributed by atoms with van der Waals surface area (Å²) in [7, 11) is 2.15. The van der Waals surface area contributed by atoms with Crippen molar-refractivity contribution < 1.29 is 0 Å². The van der Waals surface area contributed by atoms with Gasteiger partial charge in [-0.2, -0.15) is 0 Å². The van der Waals surface area contributed by atoms with Crippen LogP contribution in [-0.4, -0.2) is 53.4 Å². The van der Waals surface area contributed by atoms with Gasteiger partial charge in [-0.3, -0.25) is 5.41 Å². The Balaban J connectivity index is 2.35. The van der Waals surface area contributed by atoms with E-state index in [9.17, 15) is 0 Å². The van der Waals surface area contributed by atoms with Gasteiger partial charge in [-0.05, 0) is 26.4 Å². The topological polar surface area (TPSA) is 82.1 Å². The molecule has 1 aromatic heterocycles. The zero-order chi connectivity index (χ0) is 13.8. The van der Waals surface area contributed by atoms with Crippen LogP contribution >= 0.6 is 0 Å². The van der Waals surface area contributed by atoms with Gasteiger partial charge in [-0.1, -0.05) is 6.92 Å². The van der Waals surface area contributed by atoms with Crippen LogP contribution < -0.4 is 10.6 Å². The summed E-state index contributed by atoms with van der Waals surface area (Å²) in [5.41, 5.74) is 6.11. The summed E-state index contributed by atoms with van der Waals surface area (Å²) in [6, 6.07) is 0.391. The molecule has 0 aliphatic carbocycles. The van der Waals surface area contributed by atoms with Gasteiger partial charge in [0, 0.05) is 31.5 Å². The van der Waals surface area contributed by atoms with Gasteiger partial charge in [0.25, 0.3) is 0 Å². The number of likely N-dealkylation sites (N-methyl/N-ethyl adjacent to an activating group) is 1. The Morgan fingerprint density at radius 1 is 1.42 bits per heavy atom. The number of nitrogen functional groups attached to an aromatic ring is 1. The molecule has 0 aromatic carbocycles. The molecule has 1 fully saturated rings. The first kappa shape index (κ1) is 13.7. The van der Waals surface area contributed by atoms with E-state index in [2.05, 4.69) is 33.7 Å². The van der Waals surface area contributed by atoms with E-state index in [0.29, 0.717) is 11.7 Å². The number of aromatic nitrogens is 2. The Morgan fingerprint density at radius 2 is 2.16 bits per heavy atom. The van der Waals surface area contributed by atoms with Crippen molar-refractivity contribution in [3.63, 3.8) is 0 Å². The maximum absolute atomic E-state index is 7.65. The molecule has 0 bridgehead atoms. The Morgan fingerprint density at radius 3 is 2.84 bits per heavy atom. The molecule has 3 N–H and O–H groups in total. The second-order valence-electron chi connectivity index (χ2n) is 5.01. The highest BCUT2D eigenvalue weighted by Crippen LogP contribution is 2.22. The van der Waals surface area contributed by atoms with Crippen LogP contribution in [0.3, 0.4) is 0 Å². The maximum Gasteiger partial charge on any atom is 0.158 e. The van der Waals surface area contributed by atoms with Crippen molar-refractivity contribution in [2.45, 2.75) is 25.8 Å². The molecule has 0 saturated carbocycles. The lowest BCUT2D eigenvalue weighted by Crippen LogP contribution is -2.41. The predicted molar refractivity (Wildman–Crippen MR) is 76.6 cm³/mol. The summed E-state index contributed by atoms with van der Waals surface area (Å²) in [5, 5.41) is 7.65. The number of amidine groups is 1. The first-order chi connectivity index (χ1) is 9.13. The summed E-state index contributed by atoms with van der Waals surface area (Å²) in [5.74, 6) is 0.729. The molecular formula is C13H22N6. The highest BCUT2D eigenvalue weighted by Gasteiger charge is 2.25. The molecule has 1 aliphatic rings. The average molecular weight is 262 g/mol. The predicted octanol–water partition coefficient (Wildman–Crippen LogP) is 0.681. The van der Waals surface area contributed by atoms with Crippen molar-refractivity contribution in [1.29, 1.82) is 5.41 Å². The van der Waals surface area contributed by atoms with Crippen molar-refractivity contribution in [3.05, 3.63) is 18.1 Å². The first-order valence-electron chi connectivity index (χ1n) is 6.74. The van der Waals surface area contributed by atoms with Crippen molar-refractivity contribution in [3.8, 4) is 0 Å². The third kappa shape index (κ3) is 3.01. The van der Waals surface area contributed by atoms with Crippen LogP contribution in [0.1, 0.15) is 25.5 Å². The van der Waals surface area contributed by atoms with Gasteiger partial charge in [0.05, 0.1) is 0 Å². The molecule has 2 rings (SSSR count). The number of nitrogens with zero attached hydrogens (tertiary/aromatic N) is 4. The summed E-state index contributed by atoms with van der Waals surface area (Å²) in [6.07, 6.45) is 5.38. The number of nitrogens with one attached hydrogen (secondary N) is 1. The Bertz CT molecular complexity index is 447. The van der Waals surface area contributed by atoms with Crippen molar-refractivity contribution >= 4 is 11.7 Å². The van der Waals surface area contributed by atoms with Crippen LogP contribution in [-0.2, 0) is 0 Å². The Kier molecular flexibility index (Phi) is 4.31. The number of hydrogen-bond donors (Lipinski definition) is 2. The van der Waals surface area contributed by atoms with Crippen LogP contribution in [0.25, 0.3) is 0 Å². The molecule has 6 heteroatoms. The summed E-state index contributed by atoms with van der Waals surface area (Å²) in [4.78, 5) is 13.2. The van der Waals surface area contributed by atoms with Gasteiger partial charge < -0.3 is 15.5 Å². The standard InChI is InChI=1S/C13H22N6/c1-3-10-9-18(2)7-4-8-19(10)13-11(12(14)15)16-5-6-17-13/h5-6,10H,3-4,7-9H2,1-2H3,(H3,14,15). The molecule has 1 saturated heterocycles. The minimum atomic E-state index is -0.0180. The molecule has 6 nitrogen and oxygen atoms in total. The Labute approximate surface area is 114 Å². The third-order valence-corrected chi connectivity index (χ3v) is 3.58.